The number of rotatable bonds is 3. The lowest BCUT2D eigenvalue weighted by Gasteiger charge is -2.41. The van der Waals surface area contributed by atoms with Gasteiger partial charge < -0.3 is 20.5 Å². The van der Waals surface area contributed by atoms with Gasteiger partial charge in [0.2, 0.25) is 0 Å². The van der Waals surface area contributed by atoms with Gasteiger partial charge in [0, 0.05) is 25.0 Å². The van der Waals surface area contributed by atoms with Crippen LogP contribution in [-0.2, 0) is 4.74 Å². The summed E-state index contributed by atoms with van der Waals surface area (Å²) < 4.78 is 5.09. The van der Waals surface area contributed by atoms with Crippen molar-refractivity contribution in [3.63, 3.8) is 0 Å². The molecule has 16 heavy (non-hydrogen) atoms. The van der Waals surface area contributed by atoms with Crippen LogP contribution in [0.25, 0.3) is 0 Å². The molecule has 1 aliphatic rings. The number of aliphatic hydroxyl groups is 1. The highest BCUT2D eigenvalue weighted by atomic mass is 35.5. The zero-order valence-corrected chi connectivity index (χ0v) is 10.8. The van der Waals surface area contributed by atoms with Gasteiger partial charge in [-0.2, -0.15) is 0 Å². The number of aliphatic hydroxyl groups excluding tert-OH is 1. The van der Waals surface area contributed by atoms with Crippen molar-refractivity contribution in [2.45, 2.75) is 26.4 Å². The van der Waals surface area contributed by atoms with Crippen LogP contribution in [0.1, 0.15) is 20.8 Å². The molecular formula is C10H21ClN2O3. The van der Waals surface area contributed by atoms with Gasteiger partial charge in [0.25, 0.3) is 0 Å². The lowest BCUT2D eigenvalue weighted by Crippen LogP contribution is -2.61. The van der Waals surface area contributed by atoms with Gasteiger partial charge >= 0.3 is 6.09 Å². The van der Waals surface area contributed by atoms with Crippen molar-refractivity contribution in [2.24, 2.45) is 5.41 Å². The summed E-state index contributed by atoms with van der Waals surface area (Å²) >= 11 is 0. The SMILES string of the molecule is CC(C)(C)OC(=O)NCC1(CO)CNC1.Cl. The van der Waals surface area contributed by atoms with E-state index >= 15 is 0 Å². The smallest absolute Gasteiger partial charge is 0.407 e. The Kier molecular flexibility index (Phi) is 5.52. The van der Waals surface area contributed by atoms with Gasteiger partial charge in [-0.05, 0) is 20.8 Å². The van der Waals surface area contributed by atoms with Gasteiger partial charge in [-0.3, -0.25) is 0 Å². The third kappa shape index (κ3) is 4.55. The van der Waals surface area contributed by atoms with E-state index in [1.54, 1.807) is 0 Å². The Morgan fingerprint density at radius 3 is 2.38 bits per heavy atom. The molecule has 1 heterocycles. The standard InChI is InChI=1S/C10H20N2O3.ClH/c1-9(2,3)15-8(14)12-6-10(7-13)4-11-5-10;/h11,13H,4-7H2,1-3H3,(H,12,14);1H. The first-order valence-corrected chi connectivity index (χ1v) is 5.15. The maximum absolute atomic E-state index is 11.3. The van der Waals surface area contributed by atoms with Gasteiger partial charge in [0.05, 0.1) is 6.61 Å². The summed E-state index contributed by atoms with van der Waals surface area (Å²) in [5.41, 5.74) is -0.675. The van der Waals surface area contributed by atoms with Crippen LogP contribution in [0.4, 0.5) is 4.79 Å². The third-order valence-corrected chi connectivity index (χ3v) is 2.34. The van der Waals surface area contributed by atoms with Crippen molar-refractivity contribution in [1.82, 2.24) is 10.6 Å². The molecule has 0 bridgehead atoms. The minimum atomic E-state index is -0.478. The molecule has 0 atom stereocenters. The fraction of sp³-hybridized carbons (Fsp3) is 0.900. The molecule has 96 valence electrons. The van der Waals surface area contributed by atoms with Crippen molar-refractivity contribution in [3.05, 3.63) is 0 Å². The molecule has 0 radical (unpaired) electrons. The summed E-state index contributed by atoms with van der Waals surface area (Å²) in [6, 6.07) is 0. The largest absolute Gasteiger partial charge is 0.444 e. The van der Waals surface area contributed by atoms with Crippen molar-refractivity contribution < 1.29 is 14.6 Å². The molecule has 0 aromatic carbocycles. The van der Waals surface area contributed by atoms with E-state index in [2.05, 4.69) is 10.6 Å². The topological polar surface area (TPSA) is 70.6 Å². The van der Waals surface area contributed by atoms with Gasteiger partial charge in [-0.25, -0.2) is 4.79 Å². The molecule has 5 nitrogen and oxygen atoms in total. The average Bonchev–Trinajstić information content (AvgIpc) is 1.99. The number of alkyl carbamates (subject to hydrolysis) is 1. The number of carbonyl (C=O) groups excluding carboxylic acids is 1. The molecule has 1 amide bonds. The second-order valence-electron chi connectivity index (χ2n) is 5.12. The number of carbonyl (C=O) groups is 1. The Balaban J connectivity index is 0.00000225. The number of hydrogen-bond acceptors (Lipinski definition) is 4. The van der Waals surface area contributed by atoms with Crippen LogP contribution in [0.5, 0.6) is 0 Å². The Morgan fingerprint density at radius 1 is 1.50 bits per heavy atom. The number of hydrogen-bond donors (Lipinski definition) is 3. The molecule has 0 aliphatic carbocycles. The molecular weight excluding hydrogens is 232 g/mol. The molecule has 0 aromatic heterocycles. The normalized spacial score (nSPS) is 18.0. The van der Waals surface area contributed by atoms with Gasteiger partial charge in [0.15, 0.2) is 0 Å². The van der Waals surface area contributed by atoms with Crippen LogP contribution in [-0.4, -0.2) is 43.0 Å². The Morgan fingerprint density at radius 2 is 2.06 bits per heavy atom. The van der Waals surface area contributed by atoms with Gasteiger partial charge in [-0.15, -0.1) is 12.4 Å². The van der Waals surface area contributed by atoms with Crippen molar-refractivity contribution in [3.8, 4) is 0 Å². The molecule has 3 N–H and O–H groups in total. The van der Waals surface area contributed by atoms with Crippen LogP contribution >= 0.6 is 12.4 Å². The zero-order chi connectivity index (χ0) is 11.5. The lowest BCUT2D eigenvalue weighted by atomic mass is 9.83. The van der Waals surface area contributed by atoms with E-state index < -0.39 is 11.7 Å². The minimum absolute atomic E-state index is 0. The monoisotopic (exact) mass is 252 g/mol. The third-order valence-electron chi connectivity index (χ3n) is 2.34. The van der Waals surface area contributed by atoms with Crippen LogP contribution in [0.15, 0.2) is 0 Å². The first kappa shape index (κ1) is 15.5. The Hall–Kier alpha value is -0.520. The van der Waals surface area contributed by atoms with E-state index in [-0.39, 0.29) is 24.4 Å². The van der Waals surface area contributed by atoms with Crippen LogP contribution in [0.3, 0.4) is 0 Å². The highest BCUT2D eigenvalue weighted by molar-refractivity contribution is 5.85. The van der Waals surface area contributed by atoms with E-state index in [1.807, 2.05) is 20.8 Å². The maximum Gasteiger partial charge on any atom is 0.407 e. The van der Waals surface area contributed by atoms with E-state index in [0.717, 1.165) is 13.1 Å². The second kappa shape index (κ2) is 5.70. The molecule has 1 fully saturated rings. The van der Waals surface area contributed by atoms with E-state index in [4.69, 9.17) is 9.84 Å². The first-order valence-electron chi connectivity index (χ1n) is 5.15. The second-order valence-corrected chi connectivity index (χ2v) is 5.12. The summed E-state index contributed by atoms with van der Waals surface area (Å²) in [6.45, 7) is 7.46. The molecule has 0 unspecified atom stereocenters. The van der Waals surface area contributed by atoms with Crippen molar-refractivity contribution >= 4 is 18.5 Å². The molecule has 1 saturated heterocycles. The quantitative estimate of drug-likeness (QED) is 0.685. The molecule has 6 heteroatoms. The highest BCUT2D eigenvalue weighted by Crippen LogP contribution is 2.20. The summed E-state index contributed by atoms with van der Waals surface area (Å²) in [7, 11) is 0. The van der Waals surface area contributed by atoms with E-state index in [1.165, 1.54) is 0 Å². The van der Waals surface area contributed by atoms with Crippen LogP contribution < -0.4 is 10.6 Å². The lowest BCUT2D eigenvalue weighted by molar-refractivity contribution is 0.0376. The molecule has 1 aliphatic heterocycles. The fourth-order valence-corrected chi connectivity index (χ4v) is 1.35. The number of amides is 1. The van der Waals surface area contributed by atoms with Crippen LogP contribution in [0.2, 0.25) is 0 Å². The minimum Gasteiger partial charge on any atom is -0.444 e. The summed E-state index contributed by atoms with van der Waals surface area (Å²) in [5.74, 6) is 0. The van der Waals surface area contributed by atoms with Crippen molar-refractivity contribution in [2.75, 3.05) is 26.2 Å². The number of nitrogens with one attached hydrogen (secondary N) is 2. The number of halogens is 1. The zero-order valence-electron chi connectivity index (χ0n) is 10.0. The van der Waals surface area contributed by atoms with E-state index in [0.29, 0.717) is 6.54 Å². The van der Waals surface area contributed by atoms with Crippen LogP contribution in [0, 0.1) is 5.41 Å². The summed E-state index contributed by atoms with van der Waals surface area (Å²) in [4.78, 5) is 11.3. The van der Waals surface area contributed by atoms with Gasteiger partial charge in [-0.1, -0.05) is 0 Å². The van der Waals surface area contributed by atoms with Gasteiger partial charge in [0.1, 0.15) is 5.60 Å². The first-order chi connectivity index (χ1) is 6.87. The Labute approximate surface area is 102 Å². The average molecular weight is 253 g/mol. The summed E-state index contributed by atoms with van der Waals surface area (Å²) in [5, 5.41) is 14.9. The number of ether oxygens (including phenoxy) is 1. The maximum atomic E-state index is 11.3. The van der Waals surface area contributed by atoms with Crippen molar-refractivity contribution in [1.29, 1.82) is 0 Å². The molecule has 1 rings (SSSR count). The predicted octanol–water partition coefficient (Wildman–Crippen LogP) is 0.515. The van der Waals surface area contributed by atoms with E-state index in [9.17, 15) is 4.79 Å². The molecule has 0 saturated carbocycles. The fourth-order valence-electron chi connectivity index (χ4n) is 1.35. The summed E-state index contributed by atoms with van der Waals surface area (Å²) in [6.07, 6.45) is -0.428. The molecule has 0 spiro atoms. The molecule has 0 aromatic rings. The predicted molar refractivity (Wildman–Crippen MR) is 63.9 cm³/mol. The Bertz CT molecular complexity index is 231. The highest BCUT2D eigenvalue weighted by Gasteiger charge is 2.36.